The highest BCUT2D eigenvalue weighted by molar-refractivity contribution is 6.01. The Kier molecular flexibility index (Phi) is 8.55. The average molecular weight is 318 g/mol. The van der Waals surface area contributed by atoms with Gasteiger partial charge >= 0.3 is 5.97 Å². The van der Waals surface area contributed by atoms with E-state index in [0.717, 1.165) is 0 Å². The van der Waals surface area contributed by atoms with Crippen LogP contribution in [0.25, 0.3) is 0 Å². The zero-order chi connectivity index (χ0) is 16.4. The maximum Gasteiger partial charge on any atom is 0.319 e. The highest BCUT2D eigenvalue weighted by atomic mass is 16.6. The molecule has 0 N–H and O–H groups in total. The number of ether oxygens (including phenoxy) is 5. The standard InChI is InChI=1S/C15H26O7/c1-12(16)15(2,3)14(17)22-11-13-10-20-7-6-18-4-5-19-8-9-21-13/h13H,4-11H2,1-3H3. The molecule has 1 unspecified atom stereocenters. The second-order valence-electron chi connectivity index (χ2n) is 5.57. The maximum absolute atomic E-state index is 11.9. The summed E-state index contributed by atoms with van der Waals surface area (Å²) in [6.07, 6.45) is -0.394. The van der Waals surface area contributed by atoms with Crippen molar-refractivity contribution in [2.75, 3.05) is 52.9 Å². The molecule has 1 rings (SSSR count). The molecular weight excluding hydrogens is 292 g/mol. The summed E-state index contributed by atoms with van der Waals surface area (Å²) in [7, 11) is 0. The first kappa shape index (κ1) is 19.0. The molecule has 0 radical (unpaired) electrons. The lowest BCUT2D eigenvalue weighted by atomic mass is 9.89. The molecule has 0 aromatic carbocycles. The van der Waals surface area contributed by atoms with Crippen LogP contribution in [0.1, 0.15) is 20.8 Å². The molecule has 0 aromatic heterocycles. The molecule has 22 heavy (non-hydrogen) atoms. The van der Waals surface area contributed by atoms with E-state index in [1.807, 2.05) is 0 Å². The number of hydrogen-bond acceptors (Lipinski definition) is 7. The lowest BCUT2D eigenvalue weighted by Crippen LogP contribution is -2.37. The molecule has 0 aromatic rings. The number of Topliss-reactive ketones (excluding diaryl/α,β-unsaturated/α-hetero) is 1. The van der Waals surface area contributed by atoms with Crippen LogP contribution >= 0.6 is 0 Å². The fourth-order valence-electron chi connectivity index (χ4n) is 1.57. The third kappa shape index (κ3) is 6.83. The monoisotopic (exact) mass is 318 g/mol. The maximum atomic E-state index is 11.9. The van der Waals surface area contributed by atoms with Gasteiger partial charge in [-0.25, -0.2) is 0 Å². The van der Waals surface area contributed by atoms with E-state index >= 15 is 0 Å². The van der Waals surface area contributed by atoms with Crippen molar-refractivity contribution in [1.82, 2.24) is 0 Å². The highest BCUT2D eigenvalue weighted by Gasteiger charge is 2.35. The van der Waals surface area contributed by atoms with Crippen LogP contribution in [0.3, 0.4) is 0 Å². The van der Waals surface area contributed by atoms with Gasteiger partial charge < -0.3 is 23.7 Å². The van der Waals surface area contributed by atoms with Crippen LogP contribution < -0.4 is 0 Å². The summed E-state index contributed by atoms with van der Waals surface area (Å²) in [5, 5.41) is 0. The minimum absolute atomic E-state index is 0.0381. The van der Waals surface area contributed by atoms with Crippen LogP contribution in [0.5, 0.6) is 0 Å². The van der Waals surface area contributed by atoms with Crippen molar-refractivity contribution in [2.24, 2.45) is 5.41 Å². The Labute approximate surface area is 131 Å². The average Bonchev–Trinajstić information content (AvgIpc) is 2.46. The van der Waals surface area contributed by atoms with Crippen molar-refractivity contribution in [3.8, 4) is 0 Å². The molecule has 0 amide bonds. The fraction of sp³-hybridized carbons (Fsp3) is 0.867. The third-order valence-electron chi connectivity index (χ3n) is 3.42. The predicted octanol–water partition coefficient (Wildman–Crippen LogP) is 0.593. The Balaban J connectivity index is 2.42. The first-order valence-electron chi connectivity index (χ1n) is 7.47. The SMILES string of the molecule is CC(=O)C(C)(C)C(=O)OCC1COCCOCCOCCO1. The van der Waals surface area contributed by atoms with Gasteiger partial charge in [0.25, 0.3) is 0 Å². The lowest BCUT2D eigenvalue weighted by Gasteiger charge is -2.23. The second kappa shape index (κ2) is 9.89. The summed E-state index contributed by atoms with van der Waals surface area (Å²) in [6.45, 7) is 7.55. The number of rotatable bonds is 4. The summed E-state index contributed by atoms with van der Waals surface area (Å²) in [5.74, 6) is -0.798. The molecule has 1 aliphatic rings. The Morgan fingerprint density at radius 2 is 1.55 bits per heavy atom. The first-order valence-corrected chi connectivity index (χ1v) is 7.47. The summed E-state index contributed by atoms with van der Waals surface area (Å²) in [6, 6.07) is 0. The predicted molar refractivity (Wildman–Crippen MR) is 77.6 cm³/mol. The van der Waals surface area contributed by atoms with E-state index in [4.69, 9.17) is 23.7 Å². The van der Waals surface area contributed by atoms with Crippen molar-refractivity contribution in [3.05, 3.63) is 0 Å². The van der Waals surface area contributed by atoms with Crippen molar-refractivity contribution in [3.63, 3.8) is 0 Å². The van der Waals surface area contributed by atoms with Gasteiger partial charge in [-0.1, -0.05) is 0 Å². The van der Waals surface area contributed by atoms with E-state index in [2.05, 4.69) is 0 Å². The number of ketones is 1. The summed E-state index contributed by atoms with van der Waals surface area (Å²) in [5.41, 5.74) is -1.15. The minimum atomic E-state index is -1.15. The Morgan fingerprint density at radius 1 is 1.00 bits per heavy atom. The van der Waals surface area contributed by atoms with Crippen LogP contribution in [-0.2, 0) is 33.3 Å². The number of hydrogen-bond donors (Lipinski definition) is 0. The molecule has 7 nitrogen and oxygen atoms in total. The van der Waals surface area contributed by atoms with E-state index in [0.29, 0.717) is 39.6 Å². The lowest BCUT2D eigenvalue weighted by molar-refractivity contribution is -0.163. The molecule has 7 heteroatoms. The minimum Gasteiger partial charge on any atom is -0.462 e. The smallest absolute Gasteiger partial charge is 0.319 e. The largest absolute Gasteiger partial charge is 0.462 e. The van der Waals surface area contributed by atoms with Gasteiger partial charge in [0.05, 0.1) is 46.2 Å². The van der Waals surface area contributed by atoms with Gasteiger partial charge in [-0.15, -0.1) is 0 Å². The van der Waals surface area contributed by atoms with Crippen LogP contribution in [-0.4, -0.2) is 70.7 Å². The quantitative estimate of drug-likeness (QED) is 0.554. The molecule has 128 valence electrons. The van der Waals surface area contributed by atoms with Crippen molar-refractivity contribution in [1.29, 1.82) is 0 Å². The Bertz CT molecular complexity index is 342. The number of carbonyl (C=O) groups is 2. The van der Waals surface area contributed by atoms with Crippen LogP contribution in [0.4, 0.5) is 0 Å². The molecule has 1 fully saturated rings. The van der Waals surface area contributed by atoms with E-state index in [1.54, 1.807) is 13.8 Å². The molecule has 0 aliphatic carbocycles. The number of esters is 1. The van der Waals surface area contributed by atoms with Crippen LogP contribution in [0.2, 0.25) is 0 Å². The summed E-state index contributed by atoms with van der Waals surface area (Å²) < 4.78 is 26.8. The van der Waals surface area contributed by atoms with Gasteiger partial charge in [0.15, 0.2) is 0 Å². The van der Waals surface area contributed by atoms with Crippen molar-refractivity contribution < 1.29 is 33.3 Å². The zero-order valence-electron chi connectivity index (χ0n) is 13.6. The molecule has 0 spiro atoms. The molecule has 1 aliphatic heterocycles. The zero-order valence-corrected chi connectivity index (χ0v) is 13.6. The molecule has 0 bridgehead atoms. The fourth-order valence-corrected chi connectivity index (χ4v) is 1.57. The highest BCUT2D eigenvalue weighted by Crippen LogP contribution is 2.18. The van der Waals surface area contributed by atoms with Gasteiger partial charge in [0.1, 0.15) is 23.9 Å². The van der Waals surface area contributed by atoms with Gasteiger partial charge in [-0.3, -0.25) is 9.59 Å². The van der Waals surface area contributed by atoms with Gasteiger partial charge in [0.2, 0.25) is 0 Å². The summed E-state index contributed by atoms with van der Waals surface area (Å²) in [4.78, 5) is 23.4. The molecule has 1 saturated heterocycles. The molecule has 1 atom stereocenters. The molecular formula is C15H26O7. The number of carbonyl (C=O) groups excluding carboxylic acids is 2. The second-order valence-corrected chi connectivity index (χ2v) is 5.57. The van der Waals surface area contributed by atoms with Crippen LogP contribution in [0, 0.1) is 5.41 Å². The van der Waals surface area contributed by atoms with Gasteiger partial charge in [0, 0.05) is 0 Å². The van der Waals surface area contributed by atoms with Gasteiger partial charge in [-0.05, 0) is 20.8 Å². The molecule has 0 saturated carbocycles. The Morgan fingerprint density at radius 3 is 2.14 bits per heavy atom. The van der Waals surface area contributed by atoms with E-state index < -0.39 is 17.5 Å². The van der Waals surface area contributed by atoms with Crippen LogP contribution in [0.15, 0.2) is 0 Å². The van der Waals surface area contributed by atoms with E-state index in [-0.39, 0.29) is 19.0 Å². The van der Waals surface area contributed by atoms with Crippen molar-refractivity contribution >= 4 is 11.8 Å². The van der Waals surface area contributed by atoms with E-state index in [9.17, 15) is 9.59 Å². The topological polar surface area (TPSA) is 80.3 Å². The summed E-state index contributed by atoms with van der Waals surface area (Å²) >= 11 is 0. The third-order valence-corrected chi connectivity index (χ3v) is 3.42. The van der Waals surface area contributed by atoms with E-state index in [1.165, 1.54) is 6.92 Å². The first-order chi connectivity index (χ1) is 10.4. The normalized spacial score (nSPS) is 22.2. The Hall–Kier alpha value is -1.02. The van der Waals surface area contributed by atoms with Gasteiger partial charge in [-0.2, -0.15) is 0 Å². The molecule has 1 heterocycles. The van der Waals surface area contributed by atoms with Crippen molar-refractivity contribution in [2.45, 2.75) is 26.9 Å².